The number of nitrogens with zero attached hydrogens (tertiary/aromatic N) is 1. The smallest absolute Gasteiger partial charge is 0.337 e. The number of aromatic nitrogens is 1. The lowest BCUT2D eigenvalue weighted by molar-refractivity contribution is 0.0693. The monoisotopic (exact) mass is 295 g/mol. The summed E-state index contributed by atoms with van der Waals surface area (Å²) in [5.41, 5.74) is 2.16. The molecule has 0 aliphatic rings. The molecule has 0 aliphatic carbocycles. The average Bonchev–Trinajstić information content (AvgIpc) is 2.74. The fourth-order valence-corrected chi connectivity index (χ4v) is 2.68. The molecule has 5 heteroatoms. The van der Waals surface area contributed by atoms with Crippen molar-refractivity contribution in [2.75, 3.05) is 0 Å². The third-order valence-electron chi connectivity index (χ3n) is 2.70. The standard InChI is InChI=1S/C14H14ClNO2S/c1-14(2,3)12-9(13(17)18)4-5-10(16-12)8-6-11(15)19-7-8/h4-7H,1-3H3,(H,17,18). The van der Waals surface area contributed by atoms with Crippen molar-refractivity contribution in [1.29, 1.82) is 0 Å². The molecule has 0 spiro atoms. The van der Waals surface area contributed by atoms with Gasteiger partial charge in [-0.3, -0.25) is 4.98 Å². The number of carbonyl (C=O) groups is 1. The van der Waals surface area contributed by atoms with Crippen LogP contribution in [0.1, 0.15) is 36.8 Å². The van der Waals surface area contributed by atoms with Gasteiger partial charge in [0.25, 0.3) is 0 Å². The predicted molar refractivity (Wildman–Crippen MR) is 78.2 cm³/mol. The molecule has 0 amide bonds. The molecule has 100 valence electrons. The van der Waals surface area contributed by atoms with Crippen LogP contribution in [0.5, 0.6) is 0 Å². The van der Waals surface area contributed by atoms with Crippen molar-refractivity contribution in [3.05, 3.63) is 39.2 Å². The molecule has 3 nitrogen and oxygen atoms in total. The van der Waals surface area contributed by atoms with E-state index in [-0.39, 0.29) is 11.0 Å². The summed E-state index contributed by atoms with van der Waals surface area (Å²) < 4.78 is 0.691. The minimum absolute atomic E-state index is 0.248. The Labute approximate surface area is 120 Å². The Kier molecular flexibility index (Phi) is 3.65. The first-order chi connectivity index (χ1) is 8.79. The SMILES string of the molecule is CC(C)(C)c1nc(-c2csc(Cl)c2)ccc1C(=O)O. The summed E-state index contributed by atoms with van der Waals surface area (Å²) in [4.78, 5) is 15.8. The van der Waals surface area contributed by atoms with E-state index in [2.05, 4.69) is 4.98 Å². The van der Waals surface area contributed by atoms with Crippen LogP contribution in [-0.4, -0.2) is 16.1 Å². The van der Waals surface area contributed by atoms with Crippen molar-refractivity contribution in [1.82, 2.24) is 4.98 Å². The van der Waals surface area contributed by atoms with Gasteiger partial charge in [-0.15, -0.1) is 11.3 Å². The number of hydrogen-bond acceptors (Lipinski definition) is 3. The zero-order valence-corrected chi connectivity index (χ0v) is 12.5. The molecule has 0 aliphatic heterocycles. The summed E-state index contributed by atoms with van der Waals surface area (Å²) in [5, 5.41) is 11.1. The molecule has 2 heterocycles. The van der Waals surface area contributed by atoms with Crippen molar-refractivity contribution in [2.45, 2.75) is 26.2 Å². The van der Waals surface area contributed by atoms with Crippen LogP contribution in [0.4, 0.5) is 0 Å². The zero-order chi connectivity index (χ0) is 14.2. The molecule has 2 aromatic heterocycles. The van der Waals surface area contributed by atoms with Crippen molar-refractivity contribution in [2.24, 2.45) is 0 Å². The van der Waals surface area contributed by atoms with Gasteiger partial charge in [0, 0.05) is 16.4 Å². The number of carboxylic acids is 1. The van der Waals surface area contributed by atoms with Crippen LogP contribution >= 0.6 is 22.9 Å². The lowest BCUT2D eigenvalue weighted by atomic mass is 9.88. The Balaban J connectivity index is 2.59. The van der Waals surface area contributed by atoms with E-state index in [9.17, 15) is 9.90 Å². The molecule has 2 rings (SSSR count). The average molecular weight is 296 g/mol. The summed E-state index contributed by atoms with van der Waals surface area (Å²) in [6.45, 7) is 5.85. The Morgan fingerprint density at radius 1 is 1.37 bits per heavy atom. The first-order valence-electron chi connectivity index (χ1n) is 5.78. The maximum absolute atomic E-state index is 11.3. The van der Waals surface area contributed by atoms with Crippen molar-refractivity contribution in [3.8, 4) is 11.3 Å². The zero-order valence-electron chi connectivity index (χ0n) is 10.9. The van der Waals surface area contributed by atoms with Gasteiger partial charge in [-0.2, -0.15) is 0 Å². The quantitative estimate of drug-likeness (QED) is 0.890. The third-order valence-corrected chi connectivity index (χ3v) is 3.79. The highest BCUT2D eigenvalue weighted by atomic mass is 35.5. The summed E-state index contributed by atoms with van der Waals surface area (Å²) in [7, 11) is 0. The van der Waals surface area contributed by atoms with E-state index in [1.54, 1.807) is 12.1 Å². The molecule has 19 heavy (non-hydrogen) atoms. The summed E-state index contributed by atoms with van der Waals surface area (Å²) in [6, 6.07) is 5.16. The lowest BCUT2D eigenvalue weighted by Crippen LogP contribution is -2.19. The molecule has 0 unspecified atom stereocenters. The van der Waals surface area contributed by atoms with E-state index in [4.69, 9.17) is 11.6 Å². The maximum atomic E-state index is 11.3. The van der Waals surface area contributed by atoms with Gasteiger partial charge in [0.05, 0.1) is 21.3 Å². The Morgan fingerprint density at radius 2 is 2.05 bits per heavy atom. The van der Waals surface area contributed by atoms with Gasteiger partial charge in [-0.05, 0) is 18.2 Å². The molecule has 0 fully saturated rings. The van der Waals surface area contributed by atoms with Gasteiger partial charge in [0.2, 0.25) is 0 Å². The third kappa shape index (κ3) is 2.96. The molecule has 2 aromatic rings. The molecule has 0 bridgehead atoms. The largest absolute Gasteiger partial charge is 0.478 e. The van der Waals surface area contributed by atoms with Gasteiger partial charge in [0.1, 0.15) is 0 Å². The maximum Gasteiger partial charge on any atom is 0.337 e. The number of pyridine rings is 1. The summed E-state index contributed by atoms with van der Waals surface area (Å²) >= 11 is 7.35. The van der Waals surface area contributed by atoms with Crippen LogP contribution < -0.4 is 0 Å². The van der Waals surface area contributed by atoms with Crippen molar-refractivity contribution < 1.29 is 9.90 Å². The number of halogens is 1. The van der Waals surface area contributed by atoms with Crippen LogP contribution in [0.2, 0.25) is 4.34 Å². The molecule has 0 aromatic carbocycles. The van der Waals surface area contributed by atoms with Crippen LogP contribution in [0.25, 0.3) is 11.3 Å². The molecule has 0 atom stereocenters. The number of thiophene rings is 1. The summed E-state index contributed by atoms with van der Waals surface area (Å²) in [5.74, 6) is -0.952. The Morgan fingerprint density at radius 3 is 2.53 bits per heavy atom. The van der Waals surface area contributed by atoms with Gasteiger partial charge >= 0.3 is 5.97 Å². The second-order valence-electron chi connectivity index (χ2n) is 5.29. The van der Waals surface area contributed by atoms with E-state index < -0.39 is 5.97 Å². The first-order valence-corrected chi connectivity index (χ1v) is 7.04. The predicted octanol–water partition coefficient (Wildman–Crippen LogP) is 4.46. The summed E-state index contributed by atoms with van der Waals surface area (Å²) in [6.07, 6.45) is 0. The molecular formula is C14H14ClNO2S. The normalized spacial score (nSPS) is 11.6. The highest BCUT2D eigenvalue weighted by Crippen LogP contribution is 2.31. The number of carboxylic acid groups (broad SMARTS) is 1. The molecule has 0 saturated carbocycles. The van der Waals surface area contributed by atoms with Crippen molar-refractivity contribution >= 4 is 28.9 Å². The van der Waals surface area contributed by atoms with Gasteiger partial charge in [-0.1, -0.05) is 32.4 Å². The van der Waals surface area contributed by atoms with Crippen LogP contribution in [0, 0.1) is 0 Å². The molecule has 0 radical (unpaired) electrons. The van der Waals surface area contributed by atoms with E-state index in [1.165, 1.54) is 11.3 Å². The lowest BCUT2D eigenvalue weighted by Gasteiger charge is -2.20. The van der Waals surface area contributed by atoms with E-state index >= 15 is 0 Å². The van der Waals surface area contributed by atoms with Gasteiger partial charge in [-0.25, -0.2) is 4.79 Å². The van der Waals surface area contributed by atoms with Crippen LogP contribution in [0.15, 0.2) is 23.6 Å². The second kappa shape index (κ2) is 4.94. The van der Waals surface area contributed by atoms with E-state index in [0.29, 0.717) is 10.0 Å². The fourth-order valence-electron chi connectivity index (χ4n) is 1.81. The molecular weight excluding hydrogens is 282 g/mol. The number of rotatable bonds is 2. The van der Waals surface area contributed by atoms with Crippen molar-refractivity contribution in [3.63, 3.8) is 0 Å². The van der Waals surface area contributed by atoms with E-state index in [1.807, 2.05) is 32.2 Å². The first kappa shape index (κ1) is 14.0. The van der Waals surface area contributed by atoms with Crippen LogP contribution in [0.3, 0.4) is 0 Å². The topological polar surface area (TPSA) is 50.2 Å². The van der Waals surface area contributed by atoms with Gasteiger partial charge < -0.3 is 5.11 Å². The molecule has 0 saturated heterocycles. The Hall–Kier alpha value is -1.39. The van der Waals surface area contributed by atoms with Gasteiger partial charge in [0.15, 0.2) is 0 Å². The highest BCUT2D eigenvalue weighted by molar-refractivity contribution is 7.14. The minimum atomic E-state index is -0.952. The minimum Gasteiger partial charge on any atom is -0.478 e. The number of aromatic carboxylic acids is 1. The fraction of sp³-hybridized carbons (Fsp3) is 0.286. The highest BCUT2D eigenvalue weighted by Gasteiger charge is 2.24. The second-order valence-corrected chi connectivity index (χ2v) is 6.83. The Bertz CT molecular complexity index is 629. The van der Waals surface area contributed by atoms with E-state index in [0.717, 1.165) is 11.3 Å². The van der Waals surface area contributed by atoms with Crippen LogP contribution in [-0.2, 0) is 5.41 Å². The number of hydrogen-bond donors (Lipinski definition) is 1. The molecule has 1 N–H and O–H groups in total.